The minimum Gasteiger partial charge on any atom is -0.338 e. The molecule has 2 unspecified atom stereocenters. The third kappa shape index (κ3) is 4.94. The van der Waals surface area contributed by atoms with E-state index in [4.69, 9.17) is 4.52 Å². The second-order valence-corrected chi connectivity index (χ2v) is 10.0. The van der Waals surface area contributed by atoms with Crippen molar-refractivity contribution in [2.24, 2.45) is 0 Å². The first-order valence-electron chi connectivity index (χ1n) is 8.88. The number of nitrogens with zero attached hydrogens (tertiary/aromatic N) is 2. The molecule has 0 fully saturated rings. The summed E-state index contributed by atoms with van der Waals surface area (Å²) < 4.78 is 17.7. The molecule has 0 aliphatic heterocycles. The van der Waals surface area contributed by atoms with Crippen molar-refractivity contribution >= 4 is 33.7 Å². The second kappa shape index (κ2) is 8.36. The van der Waals surface area contributed by atoms with Gasteiger partial charge in [0.2, 0.25) is 17.6 Å². The highest BCUT2D eigenvalue weighted by atomic mass is 32.2. The van der Waals surface area contributed by atoms with Gasteiger partial charge in [0.05, 0.1) is 0 Å². The molecule has 0 spiro atoms. The molecule has 0 aliphatic carbocycles. The van der Waals surface area contributed by atoms with Gasteiger partial charge in [-0.05, 0) is 41.5 Å². The van der Waals surface area contributed by atoms with Crippen molar-refractivity contribution in [1.82, 2.24) is 10.1 Å². The Kier molecular flexibility index (Phi) is 6.10. The summed E-state index contributed by atoms with van der Waals surface area (Å²) >= 11 is 1.53. The predicted molar refractivity (Wildman–Crippen MR) is 113 cm³/mol. The van der Waals surface area contributed by atoms with Crippen LogP contribution in [-0.4, -0.2) is 25.5 Å². The lowest BCUT2D eigenvalue weighted by molar-refractivity contribution is -0.115. The van der Waals surface area contributed by atoms with Gasteiger partial charge in [-0.1, -0.05) is 38.1 Å². The maximum absolute atomic E-state index is 12.6. The number of anilines is 1. The smallest absolute Gasteiger partial charge is 0.239 e. The van der Waals surface area contributed by atoms with Crippen molar-refractivity contribution in [3.05, 3.63) is 52.5 Å². The maximum Gasteiger partial charge on any atom is 0.239 e. The van der Waals surface area contributed by atoms with E-state index < -0.39 is 16.0 Å². The molecular formula is C20H23N3O3S2. The fourth-order valence-corrected chi connectivity index (χ4v) is 4.03. The zero-order valence-electron chi connectivity index (χ0n) is 16.3. The molecule has 3 aromatic rings. The number of hydrogen-bond donors (Lipinski definition) is 1. The van der Waals surface area contributed by atoms with E-state index in [1.165, 1.54) is 16.9 Å². The minimum absolute atomic E-state index is 0.0364. The SMILES string of the molecule is CC(C(=O)Nc1ccc(C(C)(C)C)cc1)S(=O)Cc1nc(-c2ccsc2)no1. The van der Waals surface area contributed by atoms with E-state index >= 15 is 0 Å². The average molecular weight is 418 g/mol. The molecule has 28 heavy (non-hydrogen) atoms. The van der Waals surface area contributed by atoms with Crippen LogP contribution >= 0.6 is 11.3 Å². The number of carbonyl (C=O) groups excluding carboxylic acids is 1. The highest BCUT2D eigenvalue weighted by Gasteiger charge is 2.23. The second-order valence-electron chi connectivity index (χ2n) is 7.51. The lowest BCUT2D eigenvalue weighted by Crippen LogP contribution is -2.29. The summed E-state index contributed by atoms with van der Waals surface area (Å²) in [5.41, 5.74) is 2.76. The number of carbonyl (C=O) groups is 1. The van der Waals surface area contributed by atoms with Crippen LogP contribution in [0, 0.1) is 0 Å². The van der Waals surface area contributed by atoms with Crippen molar-refractivity contribution in [3.63, 3.8) is 0 Å². The van der Waals surface area contributed by atoms with Crippen LogP contribution in [0.3, 0.4) is 0 Å². The highest BCUT2D eigenvalue weighted by molar-refractivity contribution is 7.85. The molecule has 0 saturated carbocycles. The zero-order chi connectivity index (χ0) is 20.3. The van der Waals surface area contributed by atoms with Crippen LogP contribution in [-0.2, 0) is 26.8 Å². The number of benzene rings is 1. The topological polar surface area (TPSA) is 85.1 Å². The Morgan fingerprint density at radius 2 is 1.96 bits per heavy atom. The molecule has 0 radical (unpaired) electrons. The molecule has 2 heterocycles. The standard InChI is InChI=1S/C20H23N3O3S2/c1-13(19(24)21-16-7-5-15(6-8-16)20(2,3)4)28(25)12-17-22-18(23-26-17)14-9-10-27-11-14/h5-11,13H,12H2,1-4H3,(H,21,24). The maximum atomic E-state index is 12.6. The number of amides is 1. The Morgan fingerprint density at radius 1 is 1.25 bits per heavy atom. The number of aromatic nitrogens is 2. The first-order chi connectivity index (χ1) is 13.2. The van der Waals surface area contributed by atoms with Crippen molar-refractivity contribution in [2.75, 3.05) is 5.32 Å². The van der Waals surface area contributed by atoms with Gasteiger partial charge >= 0.3 is 0 Å². The van der Waals surface area contributed by atoms with Crippen LogP contribution in [0.15, 0.2) is 45.6 Å². The largest absolute Gasteiger partial charge is 0.338 e. The third-order valence-corrected chi connectivity index (χ3v) is 6.51. The summed E-state index contributed by atoms with van der Waals surface area (Å²) in [6.45, 7) is 8.03. The first kappa shape index (κ1) is 20.4. The molecule has 1 amide bonds. The van der Waals surface area contributed by atoms with Crippen molar-refractivity contribution in [3.8, 4) is 11.4 Å². The molecule has 6 nitrogen and oxygen atoms in total. The Balaban J connectivity index is 1.59. The summed E-state index contributed by atoms with van der Waals surface area (Å²) in [6.07, 6.45) is 0. The Morgan fingerprint density at radius 3 is 2.57 bits per heavy atom. The quantitative estimate of drug-likeness (QED) is 0.644. The van der Waals surface area contributed by atoms with Crippen molar-refractivity contribution in [1.29, 1.82) is 0 Å². The van der Waals surface area contributed by atoms with E-state index in [1.54, 1.807) is 6.92 Å². The van der Waals surface area contributed by atoms with Crippen LogP contribution < -0.4 is 5.32 Å². The molecule has 148 valence electrons. The van der Waals surface area contributed by atoms with Gasteiger partial charge in [-0.2, -0.15) is 16.3 Å². The first-order valence-corrected chi connectivity index (χ1v) is 11.2. The molecule has 2 atom stereocenters. The van der Waals surface area contributed by atoms with Crippen LogP contribution in [0.5, 0.6) is 0 Å². The van der Waals surface area contributed by atoms with E-state index in [1.807, 2.05) is 41.1 Å². The van der Waals surface area contributed by atoms with Gasteiger partial charge in [0, 0.05) is 27.4 Å². The normalized spacial score (nSPS) is 13.9. The zero-order valence-corrected chi connectivity index (χ0v) is 17.9. The third-order valence-electron chi connectivity index (χ3n) is 4.30. The lowest BCUT2D eigenvalue weighted by atomic mass is 9.87. The number of nitrogens with one attached hydrogen (secondary N) is 1. The average Bonchev–Trinajstić information content (AvgIpc) is 3.32. The van der Waals surface area contributed by atoms with Crippen molar-refractivity contribution in [2.45, 2.75) is 44.1 Å². The van der Waals surface area contributed by atoms with Gasteiger partial charge in [-0.15, -0.1) is 0 Å². The van der Waals surface area contributed by atoms with Gasteiger partial charge in [-0.3, -0.25) is 9.00 Å². The van der Waals surface area contributed by atoms with E-state index in [2.05, 4.69) is 36.2 Å². The summed E-state index contributed by atoms with van der Waals surface area (Å²) in [4.78, 5) is 16.7. The molecule has 0 saturated heterocycles. The van der Waals surface area contributed by atoms with E-state index in [-0.39, 0.29) is 23.0 Å². The molecular weight excluding hydrogens is 394 g/mol. The number of thiophene rings is 1. The van der Waals surface area contributed by atoms with Gasteiger partial charge in [-0.25, -0.2) is 0 Å². The van der Waals surface area contributed by atoms with E-state index in [0.717, 1.165) is 5.56 Å². The molecule has 8 heteroatoms. The fraction of sp³-hybridized carbons (Fsp3) is 0.350. The van der Waals surface area contributed by atoms with Crippen LogP contribution in [0.4, 0.5) is 5.69 Å². The predicted octanol–water partition coefficient (Wildman–Crippen LogP) is 4.37. The van der Waals surface area contributed by atoms with Crippen LogP contribution in [0.25, 0.3) is 11.4 Å². The highest BCUT2D eigenvalue weighted by Crippen LogP contribution is 2.24. The van der Waals surface area contributed by atoms with E-state index in [0.29, 0.717) is 11.5 Å². The molecule has 1 N–H and O–H groups in total. The Bertz CT molecular complexity index is 958. The molecule has 1 aromatic carbocycles. The van der Waals surface area contributed by atoms with Gasteiger partial charge in [0.15, 0.2) is 0 Å². The molecule has 2 aromatic heterocycles. The van der Waals surface area contributed by atoms with Gasteiger partial charge in [0.1, 0.15) is 11.0 Å². The van der Waals surface area contributed by atoms with Gasteiger partial charge in [0.25, 0.3) is 0 Å². The monoisotopic (exact) mass is 417 g/mol. The number of hydrogen-bond acceptors (Lipinski definition) is 6. The summed E-state index contributed by atoms with van der Waals surface area (Å²) in [5, 5.41) is 9.84. The Hall–Kier alpha value is -2.32. The molecule has 0 aliphatic rings. The molecule has 3 rings (SSSR count). The summed E-state index contributed by atoms with van der Waals surface area (Å²) in [7, 11) is -1.48. The lowest BCUT2D eigenvalue weighted by Gasteiger charge is -2.19. The van der Waals surface area contributed by atoms with E-state index in [9.17, 15) is 9.00 Å². The number of rotatable bonds is 6. The minimum atomic E-state index is -1.48. The summed E-state index contributed by atoms with van der Waals surface area (Å²) in [5.74, 6) is 0.451. The fourth-order valence-electron chi connectivity index (χ4n) is 2.49. The van der Waals surface area contributed by atoms with Crippen LogP contribution in [0.2, 0.25) is 0 Å². The Labute approximate surface area is 170 Å². The van der Waals surface area contributed by atoms with Crippen molar-refractivity contribution < 1.29 is 13.5 Å². The summed E-state index contributed by atoms with van der Waals surface area (Å²) in [6, 6.07) is 9.58. The van der Waals surface area contributed by atoms with Gasteiger partial charge < -0.3 is 9.84 Å². The molecule has 0 bridgehead atoms. The van der Waals surface area contributed by atoms with Crippen LogP contribution in [0.1, 0.15) is 39.1 Å².